The first-order valence-electron chi connectivity index (χ1n) is 6.44. The Balaban J connectivity index is 2.65. The van der Waals surface area contributed by atoms with Crippen LogP contribution in [0.25, 0.3) is 11.1 Å². The van der Waals surface area contributed by atoms with Gasteiger partial charge in [0.25, 0.3) is 0 Å². The standard InChI is InChI=1S/C16H12F3NO3/c1-23-15(22)12-4-2-3-11(14(20)21)13(12)9-5-7-10(8-6-9)16(17,18)19/h2-8H,1H3,(H2,20,21). The summed E-state index contributed by atoms with van der Waals surface area (Å²) in [6.45, 7) is 0. The number of carbonyl (C=O) groups excluding carboxylic acids is 2. The van der Waals surface area contributed by atoms with E-state index in [0.29, 0.717) is 0 Å². The third-order valence-electron chi connectivity index (χ3n) is 3.24. The lowest BCUT2D eigenvalue weighted by Gasteiger charge is -2.13. The highest BCUT2D eigenvalue weighted by Crippen LogP contribution is 2.33. The Labute approximate surface area is 129 Å². The molecule has 23 heavy (non-hydrogen) atoms. The van der Waals surface area contributed by atoms with Crippen LogP contribution in [0.2, 0.25) is 0 Å². The summed E-state index contributed by atoms with van der Waals surface area (Å²) in [6.07, 6.45) is -4.48. The number of nitrogens with two attached hydrogens (primary N) is 1. The van der Waals surface area contributed by atoms with E-state index < -0.39 is 23.6 Å². The summed E-state index contributed by atoms with van der Waals surface area (Å²) in [5.41, 5.74) is 4.92. The monoisotopic (exact) mass is 323 g/mol. The zero-order chi connectivity index (χ0) is 17.2. The Morgan fingerprint density at radius 1 is 1.00 bits per heavy atom. The van der Waals surface area contributed by atoms with E-state index in [0.717, 1.165) is 19.2 Å². The van der Waals surface area contributed by atoms with Gasteiger partial charge in [0.2, 0.25) is 5.91 Å². The summed E-state index contributed by atoms with van der Waals surface area (Å²) in [4.78, 5) is 23.4. The molecular formula is C16H12F3NO3. The molecule has 0 spiro atoms. The van der Waals surface area contributed by atoms with Gasteiger partial charge in [0.15, 0.2) is 0 Å². The zero-order valence-electron chi connectivity index (χ0n) is 12.0. The van der Waals surface area contributed by atoms with E-state index >= 15 is 0 Å². The first-order valence-corrected chi connectivity index (χ1v) is 6.44. The Morgan fingerprint density at radius 2 is 1.57 bits per heavy atom. The van der Waals surface area contributed by atoms with Crippen molar-refractivity contribution in [1.29, 1.82) is 0 Å². The SMILES string of the molecule is COC(=O)c1cccc(C(N)=O)c1-c1ccc(C(F)(F)F)cc1. The number of halogens is 3. The normalized spacial score (nSPS) is 11.1. The molecule has 2 aromatic carbocycles. The molecule has 0 aliphatic heterocycles. The number of primary amides is 1. The van der Waals surface area contributed by atoms with Crippen molar-refractivity contribution < 1.29 is 27.5 Å². The molecular weight excluding hydrogens is 311 g/mol. The van der Waals surface area contributed by atoms with Crippen molar-refractivity contribution in [1.82, 2.24) is 0 Å². The van der Waals surface area contributed by atoms with Crippen LogP contribution < -0.4 is 5.73 Å². The van der Waals surface area contributed by atoms with E-state index in [1.54, 1.807) is 0 Å². The molecule has 0 fully saturated rings. The molecule has 0 heterocycles. The van der Waals surface area contributed by atoms with Crippen molar-refractivity contribution in [2.24, 2.45) is 5.73 Å². The molecule has 0 saturated heterocycles. The first-order chi connectivity index (χ1) is 10.8. The minimum Gasteiger partial charge on any atom is -0.465 e. The van der Waals surface area contributed by atoms with Crippen LogP contribution in [0.15, 0.2) is 42.5 Å². The summed E-state index contributed by atoms with van der Waals surface area (Å²) in [5.74, 6) is -1.52. The van der Waals surface area contributed by atoms with E-state index in [-0.39, 0.29) is 22.3 Å². The lowest BCUT2D eigenvalue weighted by Crippen LogP contribution is -2.15. The topological polar surface area (TPSA) is 69.4 Å². The smallest absolute Gasteiger partial charge is 0.416 e. The van der Waals surface area contributed by atoms with Gasteiger partial charge in [-0.05, 0) is 29.8 Å². The van der Waals surface area contributed by atoms with Gasteiger partial charge in [-0.25, -0.2) is 4.79 Å². The average Bonchev–Trinajstić information content (AvgIpc) is 2.52. The largest absolute Gasteiger partial charge is 0.465 e. The van der Waals surface area contributed by atoms with Gasteiger partial charge < -0.3 is 10.5 Å². The van der Waals surface area contributed by atoms with E-state index in [1.165, 1.54) is 30.3 Å². The van der Waals surface area contributed by atoms with Crippen molar-refractivity contribution in [3.63, 3.8) is 0 Å². The molecule has 0 unspecified atom stereocenters. The maximum atomic E-state index is 12.6. The molecule has 0 radical (unpaired) electrons. The van der Waals surface area contributed by atoms with Crippen molar-refractivity contribution in [2.45, 2.75) is 6.18 Å². The van der Waals surface area contributed by atoms with Crippen LogP contribution in [0, 0.1) is 0 Å². The van der Waals surface area contributed by atoms with Crippen LogP contribution in [0.1, 0.15) is 26.3 Å². The van der Waals surface area contributed by atoms with Crippen LogP contribution in [0.3, 0.4) is 0 Å². The molecule has 120 valence electrons. The van der Waals surface area contributed by atoms with Gasteiger partial charge in [0.05, 0.1) is 18.2 Å². The van der Waals surface area contributed by atoms with E-state index in [1.807, 2.05) is 0 Å². The number of hydrogen-bond acceptors (Lipinski definition) is 3. The molecule has 0 aromatic heterocycles. The Hall–Kier alpha value is -2.83. The molecule has 0 aliphatic rings. The highest BCUT2D eigenvalue weighted by molar-refractivity contribution is 6.07. The van der Waals surface area contributed by atoms with Crippen molar-refractivity contribution in [3.8, 4) is 11.1 Å². The minimum absolute atomic E-state index is 0.0210. The van der Waals surface area contributed by atoms with Crippen LogP contribution in [0.5, 0.6) is 0 Å². The lowest BCUT2D eigenvalue weighted by atomic mass is 9.93. The number of ether oxygens (including phenoxy) is 1. The number of alkyl halides is 3. The van der Waals surface area contributed by atoms with Crippen molar-refractivity contribution in [2.75, 3.05) is 7.11 Å². The Morgan fingerprint density at radius 3 is 2.04 bits per heavy atom. The van der Waals surface area contributed by atoms with Crippen LogP contribution in [-0.2, 0) is 10.9 Å². The summed E-state index contributed by atoms with van der Waals surface area (Å²) in [6, 6.07) is 8.34. The Bertz CT molecular complexity index is 752. The third kappa shape index (κ3) is 3.33. The van der Waals surface area contributed by atoms with Gasteiger partial charge in [0, 0.05) is 11.1 Å². The second-order valence-electron chi connectivity index (χ2n) is 4.66. The molecule has 0 aliphatic carbocycles. The summed E-state index contributed by atoms with van der Waals surface area (Å²) >= 11 is 0. The van der Waals surface area contributed by atoms with Crippen LogP contribution in [0.4, 0.5) is 13.2 Å². The fourth-order valence-corrected chi connectivity index (χ4v) is 2.17. The molecule has 4 nitrogen and oxygen atoms in total. The predicted molar refractivity (Wildman–Crippen MR) is 76.7 cm³/mol. The summed E-state index contributed by atoms with van der Waals surface area (Å²) < 4.78 is 42.6. The number of methoxy groups -OCH3 is 1. The second kappa shape index (κ2) is 6.12. The fourth-order valence-electron chi connectivity index (χ4n) is 2.17. The minimum atomic E-state index is -4.48. The number of amides is 1. The van der Waals surface area contributed by atoms with E-state index in [4.69, 9.17) is 5.73 Å². The van der Waals surface area contributed by atoms with Gasteiger partial charge in [-0.1, -0.05) is 18.2 Å². The third-order valence-corrected chi connectivity index (χ3v) is 3.24. The van der Waals surface area contributed by atoms with Gasteiger partial charge in [0.1, 0.15) is 0 Å². The highest BCUT2D eigenvalue weighted by atomic mass is 19.4. The first kappa shape index (κ1) is 16.5. The van der Waals surface area contributed by atoms with E-state index in [2.05, 4.69) is 4.74 Å². The molecule has 2 N–H and O–H groups in total. The number of hydrogen-bond donors (Lipinski definition) is 1. The maximum absolute atomic E-state index is 12.6. The Kier molecular flexibility index (Phi) is 4.40. The maximum Gasteiger partial charge on any atom is 0.416 e. The fraction of sp³-hybridized carbons (Fsp3) is 0.125. The van der Waals surface area contributed by atoms with Gasteiger partial charge in [-0.3, -0.25) is 4.79 Å². The van der Waals surface area contributed by atoms with Crippen molar-refractivity contribution in [3.05, 3.63) is 59.2 Å². The lowest BCUT2D eigenvalue weighted by molar-refractivity contribution is -0.137. The highest BCUT2D eigenvalue weighted by Gasteiger charge is 2.30. The van der Waals surface area contributed by atoms with Gasteiger partial charge in [-0.15, -0.1) is 0 Å². The van der Waals surface area contributed by atoms with Gasteiger partial charge in [-0.2, -0.15) is 13.2 Å². The van der Waals surface area contributed by atoms with Crippen LogP contribution in [-0.4, -0.2) is 19.0 Å². The van der Waals surface area contributed by atoms with E-state index in [9.17, 15) is 22.8 Å². The van der Waals surface area contributed by atoms with Gasteiger partial charge >= 0.3 is 12.1 Å². The molecule has 1 amide bonds. The van der Waals surface area contributed by atoms with Crippen molar-refractivity contribution >= 4 is 11.9 Å². The molecule has 7 heteroatoms. The average molecular weight is 323 g/mol. The molecule has 0 atom stereocenters. The molecule has 2 rings (SSSR count). The number of esters is 1. The zero-order valence-corrected chi connectivity index (χ0v) is 12.0. The summed E-state index contributed by atoms with van der Waals surface area (Å²) in [7, 11) is 1.16. The number of benzene rings is 2. The number of rotatable bonds is 3. The molecule has 0 saturated carbocycles. The molecule has 0 bridgehead atoms. The predicted octanol–water partition coefficient (Wildman–Crippen LogP) is 3.26. The molecule has 2 aromatic rings. The second-order valence-corrected chi connectivity index (χ2v) is 4.66. The van der Waals surface area contributed by atoms with Crippen LogP contribution >= 0.6 is 0 Å². The quantitative estimate of drug-likeness (QED) is 0.882. The summed E-state index contributed by atoms with van der Waals surface area (Å²) in [5, 5.41) is 0. The number of carbonyl (C=O) groups is 2.